The molecule has 1 amide bonds. The van der Waals surface area contributed by atoms with E-state index in [2.05, 4.69) is 5.32 Å². The number of nitrogens with one attached hydrogen (secondary N) is 1. The van der Waals surface area contributed by atoms with E-state index in [1.54, 1.807) is 6.07 Å². The molecule has 1 N–H and O–H groups in total. The average molecular weight is 268 g/mol. The molecule has 1 heterocycles. The maximum atomic E-state index is 11.8. The molecule has 0 spiro atoms. The van der Waals surface area contributed by atoms with Gasteiger partial charge in [-0.15, -0.1) is 0 Å². The van der Waals surface area contributed by atoms with Gasteiger partial charge in [-0.3, -0.25) is 4.79 Å². The molecule has 4 heteroatoms. The molecule has 0 aliphatic carbocycles. The summed E-state index contributed by atoms with van der Waals surface area (Å²) in [6, 6.07) is 5.55. The van der Waals surface area contributed by atoms with Crippen LogP contribution in [0.2, 0.25) is 5.02 Å². The van der Waals surface area contributed by atoms with E-state index in [1.165, 1.54) is 0 Å². The van der Waals surface area contributed by atoms with Crippen LogP contribution >= 0.6 is 11.6 Å². The van der Waals surface area contributed by atoms with E-state index in [0.29, 0.717) is 11.4 Å². The number of rotatable bonds is 4. The molecule has 0 bridgehead atoms. The predicted molar refractivity (Wildman–Crippen MR) is 73.0 cm³/mol. The van der Waals surface area contributed by atoms with Crippen LogP contribution in [0.1, 0.15) is 31.2 Å². The van der Waals surface area contributed by atoms with Crippen LogP contribution in [0.3, 0.4) is 0 Å². The van der Waals surface area contributed by atoms with Gasteiger partial charge in [0.2, 0.25) is 5.91 Å². The molecule has 1 saturated heterocycles. The largest absolute Gasteiger partial charge is 0.378 e. The van der Waals surface area contributed by atoms with Gasteiger partial charge in [-0.25, -0.2) is 0 Å². The quantitative estimate of drug-likeness (QED) is 0.906. The number of anilines is 1. The lowest BCUT2D eigenvalue weighted by Gasteiger charge is -2.10. The third-order valence-corrected chi connectivity index (χ3v) is 3.58. The smallest absolute Gasteiger partial charge is 0.224 e. The summed E-state index contributed by atoms with van der Waals surface area (Å²) in [4.78, 5) is 11.8. The number of carbonyl (C=O) groups excluding carboxylic acids is 1. The normalized spacial score (nSPS) is 18.9. The van der Waals surface area contributed by atoms with Crippen molar-refractivity contribution in [2.75, 3.05) is 11.9 Å². The van der Waals surface area contributed by atoms with Crippen LogP contribution in [-0.4, -0.2) is 18.6 Å². The van der Waals surface area contributed by atoms with Crippen molar-refractivity contribution in [1.29, 1.82) is 0 Å². The molecule has 2 rings (SSSR count). The second-order valence-corrected chi connectivity index (χ2v) is 5.09. The van der Waals surface area contributed by atoms with Crippen molar-refractivity contribution in [3.8, 4) is 0 Å². The number of hydrogen-bond donors (Lipinski definition) is 1. The van der Waals surface area contributed by atoms with Gasteiger partial charge in [-0.05, 0) is 43.9 Å². The number of hydrogen-bond acceptors (Lipinski definition) is 2. The minimum atomic E-state index is 0.0189. The summed E-state index contributed by atoms with van der Waals surface area (Å²) in [6.07, 6.45) is 3.74. The van der Waals surface area contributed by atoms with E-state index < -0.39 is 0 Å². The van der Waals surface area contributed by atoms with Gasteiger partial charge in [0.1, 0.15) is 0 Å². The molecule has 0 saturated carbocycles. The Kier molecular flexibility index (Phi) is 4.61. The van der Waals surface area contributed by atoms with Gasteiger partial charge >= 0.3 is 0 Å². The fourth-order valence-corrected chi connectivity index (χ4v) is 2.24. The third-order valence-electron chi connectivity index (χ3n) is 3.17. The highest BCUT2D eigenvalue weighted by molar-refractivity contribution is 6.31. The van der Waals surface area contributed by atoms with Crippen molar-refractivity contribution in [2.45, 2.75) is 38.7 Å². The van der Waals surface area contributed by atoms with E-state index in [1.807, 2.05) is 19.1 Å². The molecular weight excluding hydrogens is 250 g/mol. The van der Waals surface area contributed by atoms with E-state index >= 15 is 0 Å². The Bertz CT molecular complexity index is 428. The second-order valence-electron chi connectivity index (χ2n) is 4.69. The van der Waals surface area contributed by atoms with Gasteiger partial charge in [0.15, 0.2) is 0 Å². The monoisotopic (exact) mass is 267 g/mol. The lowest BCUT2D eigenvalue weighted by Crippen LogP contribution is -2.15. The minimum absolute atomic E-state index is 0.0189. The first-order valence-electron chi connectivity index (χ1n) is 6.33. The number of carbonyl (C=O) groups is 1. The zero-order valence-corrected chi connectivity index (χ0v) is 11.3. The van der Waals surface area contributed by atoms with Crippen LogP contribution in [0.4, 0.5) is 5.69 Å². The topological polar surface area (TPSA) is 38.3 Å². The molecule has 18 heavy (non-hydrogen) atoms. The molecule has 0 aromatic heterocycles. The summed E-state index contributed by atoms with van der Waals surface area (Å²) in [7, 11) is 0. The Hall–Kier alpha value is -1.06. The number of amides is 1. The molecule has 1 aromatic carbocycles. The summed E-state index contributed by atoms with van der Waals surface area (Å²) in [5.41, 5.74) is 1.76. The second kappa shape index (κ2) is 6.21. The highest BCUT2D eigenvalue weighted by Gasteiger charge is 2.16. The van der Waals surface area contributed by atoms with E-state index in [9.17, 15) is 4.79 Å². The molecule has 1 fully saturated rings. The van der Waals surface area contributed by atoms with Crippen molar-refractivity contribution in [2.24, 2.45) is 0 Å². The first kappa shape index (κ1) is 13.4. The highest BCUT2D eigenvalue weighted by Crippen LogP contribution is 2.21. The number of aryl methyl sites for hydroxylation is 1. The first-order valence-corrected chi connectivity index (χ1v) is 6.70. The number of ether oxygens (including phenoxy) is 1. The minimum Gasteiger partial charge on any atom is -0.378 e. The van der Waals surface area contributed by atoms with Crippen LogP contribution in [0.5, 0.6) is 0 Å². The summed E-state index contributed by atoms with van der Waals surface area (Å²) < 4.78 is 5.49. The molecule has 1 atom stereocenters. The van der Waals surface area contributed by atoms with Gasteiger partial charge in [0, 0.05) is 23.7 Å². The lowest BCUT2D eigenvalue weighted by molar-refractivity contribution is -0.116. The van der Waals surface area contributed by atoms with Crippen molar-refractivity contribution in [3.05, 3.63) is 28.8 Å². The van der Waals surface area contributed by atoms with Crippen molar-refractivity contribution in [3.63, 3.8) is 0 Å². The van der Waals surface area contributed by atoms with Crippen LogP contribution < -0.4 is 5.32 Å². The van der Waals surface area contributed by atoms with Crippen molar-refractivity contribution >= 4 is 23.2 Å². The zero-order valence-electron chi connectivity index (χ0n) is 10.5. The molecule has 98 valence electrons. The SMILES string of the molecule is Cc1ccc(NC(=O)CC[C@@H]2CCCO2)cc1Cl. The first-order chi connectivity index (χ1) is 8.65. The van der Waals surface area contributed by atoms with Gasteiger partial charge < -0.3 is 10.1 Å². The molecule has 0 radical (unpaired) electrons. The fraction of sp³-hybridized carbons (Fsp3) is 0.500. The maximum absolute atomic E-state index is 11.8. The third kappa shape index (κ3) is 3.72. The Morgan fingerprint density at radius 2 is 2.39 bits per heavy atom. The van der Waals surface area contributed by atoms with E-state index in [0.717, 1.165) is 37.1 Å². The van der Waals surface area contributed by atoms with Crippen molar-refractivity contribution in [1.82, 2.24) is 0 Å². The van der Waals surface area contributed by atoms with Gasteiger partial charge in [-0.2, -0.15) is 0 Å². The van der Waals surface area contributed by atoms with Gasteiger partial charge in [-0.1, -0.05) is 17.7 Å². The molecular formula is C14H18ClNO2. The van der Waals surface area contributed by atoms with Gasteiger partial charge in [0.05, 0.1) is 6.10 Å². The number of halogens is 1. The van der Waals surface area contributed by atoms with E-state index in [-0.39, 0.29) is 12.0 Å². The van der Waals surface area contributed by atoms with Gasteiger partial charge in [0.25, 0.3) is 0 Å². The Balaban J connectivity index is 1.80. The maximum Gasteiger partial charge on any atom is 0.224 e. The summed E-state index contributed by atoms with van der Waals surface area (Å²) in [5, 5.41) is 3.53. The molecule has 1 aliphatic rings. The van der Waals surface area contributed by atoms with Crippen LogP contribution in [0.15, 0.2) is 18.2 Å². The van der Waals surface area contributed by atoms with Crippen LogP contribution in [0, 0.1) is 6.92 Å². The average Bonchev–Trinajstić information content (AvgIpc) is 2.84. The Morgan fingerprint density at radius 3 is 3.06 bits per heavy atom. The Labute approximate surface area is 112 Å². The Morgan fingerprint density at radius 1 is 1.56 bits per heavy atom. The predicted octanol–water partition coefficient (Wildman–Crippen LogP) is 3.55. The fourth-order valence-electron chi connectivity index (χ4n) is 2.06. The zero-order chi connectivity index (χ0) is 13.0. The molecule has 1 aromatic rings. The van der Waals surface area contributed by atoms with Crippen LogP contribution in [0.25, 0.3) is 0 Å². The van der Waals surface area contributed by atoms with E-state index in [4.69, 9.17) is 16.3 Å². The molecule has 0 unspecified atom stereocenters. The summed E-state index contributed by atoms with van der Waals surface area (Å²) in [5.74, 6) is 0.0189. The molecule has 3 nitrogen and oxygen atoms in total. The highest BCUT2D eigenvalue weighted by atomic mass is 35.5. The standard InChI is InChI=1S/C14H18ClNO2/c1-10-4-5-11(9-13(10)15)16-14(17)7-6-12-3-2-8-18-12/h4-5,9,12H,2-3,6-8H2,1H3,(H,16,17)/t12-/m0/s1. The number of benzene rings is 1. The summed E-state index contributed by atoms with van der Waals surface area (Å²) >= 11 is 6.01. The van der Waals surface area contributed by atoms with Crippen molar-refractivity contribution < 1.29 is 9.53 Å². The summed E-state index contributed by atoms with van der Waals surface area (Å²) in [6.45, 7) is 2.77. The lowest BCUT2D eigenvalue weighted by atomic mass is 10.1. The molecule has 1 aliphatic heterocycles. The van der Waals surface area contributed by atoms with Crippen LogP contribution in [-0.2, 0) is 9.53 Å².